The van der Waals surface area contributed by atoms with Gasteiger partial charge in [0, 0.05) is 17.6 Å². The fourth-order valence-corrected chi connectivity index (χ4v) is 3.15. The highest BCUT2D eigenvalue weighted by Gasteiger charge is 2.48. The molecule has 0 unspecified atom stereocenters. The monoisotopic (exact) mass is 309 g/mol. The number of nitrogens with zero attached hydrogens (tertiary/aromatic N) is 1. The minimum atomic E-state index is -0.479. The van der Waals surface area contributed by atoms with Crippen LogP contribution >= 0.6 is 11.9 Å². The molecule has 0 aromatic heterocycles. The zero-order chi connectivity index (χ0) is 15.4. The predicted molar refractivity (Wildman–Crippen MR) is 87.1 cm³/mol. The van der Waals surface area contributed by atoms with Crippen molar-refractivity contribution < 1.29 is 9.53 Å². The Morgan fingerprint density at radius 2 is 1.68 bits per heavy atom. The smallest absolute Gasteiger partial charge is 0.266 e. The van der Waals surface area contributed by atoms with Crippen LogP contribution in [0.1, 0.15) is 5.56 Å². The van der Waals surface area contributed by atoms with Gasteiger partial charge in [-0.1, -0.05) is 48.2 Å². The van der Waals surface area contributed by atoms with Crippen LogP contribution in [-0.2, 0) is 9.53 Å². The van der Waals surface area contributed by atoms with E-state index in [-0.39, 0.29) is 11.9 Å². The van der Waals surface area contributed by atoms with Gasteiger partial charge in [-0.25, -0.2) is 0 Å². The van der Waals surface area contributed by atoms with Gasteiger partial charge in [-0.15, -0.1) is 0 Å². The number of hydrogen-bond acceptors (Lipinski definition) is 3. The van der Waals surface area contributed by atoms with Crippen LogP contribution in [0.25, 0.3) is 0 Å². The van der Waals surface area contributed by atoms with Crippen molar-refractivity contribution in [3.05, 3.63) is 66.2 Å². The molecule has 0 saturated carbocycles. The lowest BCUT2D eigenvalue weighted by Crippen LogP contribution is -2.61. The standard InChI is InChI=1S/C18H15NO2S/c1-21-17-16(13-12-14-8-4-2-5-9-14)19(18(17)20)22-15-10-6-3-7-11-15/h2-11,16-17H,1H3/t16-,17+/m0/s1. The highest BCUT2D eigenvalue weighted by Crippen LogP contribution is 2.34. The molecule has 0 N–H and O–H groups in total. The molecular formula is C18H15NO2S. The van der Waals surface area contributed by atoms with Gasteiger partial charge in [0.2, 0.25) is 0 Å². The van der Waals surface area contributed by atoms with E-state index in [0.29, 0.717) is 0 Å². The molecule has 0 spiro atoms. The predicted octanol–water partition coefficient (Wildman–Crippen LogP) is 2.97. The lowest BCUT2D eigenvalue weighted by atomic mass is 10.0. The van der Waals surface area contributed by atoms with Gasteiger partial charge in [0.05, 0.1) is 0 Å². The summed E-state index contributed by atoms with van der Waals surface area (Å²) in [6.07, 6.45) is -0.479. The zero-order valence-electron chi connectivity index (χ0n) is 12.1. The van der Waals surface area contributed by atoms with Crippen molar-refractivity contribution in [3.63, 3.8) is 0 Å². The van der Waals surface area contributed by atoms with Crippen LogP contribution in [0.3, 0.4) is 0 Å². The second-order valence-electron chi connectivity index (χ2n) is 4.80. The Labute approximate surface area is 134 Å². The molecule has 0 radical (unpaired) electrons. The van der Waals surface area contributed by atoms with Crippen LogP contribution in [0.5, 0.6) is 0 Å². The van der Waals surface area contributed by atoms with Crippen LogP contribution in [0, 0.1) is 11.8 Å². The number of methoxy groups -OCH3 is 1. The molecule has 1 saturated heterocycles. The third kappa shape index (κ3) is 3.01. The van der Waals surface area contributed by atoms with E-state index in [9.17, 15) is 4.79 Å². The first-order valence-electron chi connectivity index (χ1n) is 6.95. The number of hydrogen-bond donors (Lipinski definition) is 0. The van der Waals surface area contributed by atoms with Crippen molar-refractivity contribution in [2.75, 3.05) is 7.11 Å². The molecule has 0 aliphatic carbocycles. The van der Waals surface area contributed by atoms with E-state index in [4.69, 9.17) is 4.74 Å². The van der Waals surface area contributed by atoms with Gasteiger partial charge in [0.15, 0.2) is 6.10 Å². The van der Waals surface area contributed by atoms with E-state index in [2.05, 4.69) is 11.8 Å². The molecule has 1 aliphatic rings. The van der Waals surface area contributed by atoms with E-state index in [0.717, 1.165) is 10.5 Å². The highest BCUT2D eigenvalue weighted by molar-refractivity contribution is 7.97. The van der Waals surface area contributed by atoms with E-state index < -0.39 is 6.10 Å². The minimum absolute atomic E-state index is 0.0382. The summed E-state index contributed by atoms with van der Waals surface area (Å²) in [7, 11) is 1.55. The van der Waals surface area contributed by atoms with Crippen LogP contribution in [0.4, 0.5) is 0 Å². The van der Waals surface area contributed by atoms with Gasteiger partial charge >= 0.3 is 0 Å². The Bertz CT molecular complexity index is 706. The van der Waals surface area contributed by atoms with Gasteiger partial charge in [-0.05, 0) is 36.2 Å². The van der Waals surface area contributed by atoms with Gasteiger partial charge in [0.25, 0.3) is 5.91 Å². The Kier molecular flexibility index (Phi) is 4.47. The Morgan fingerprint density at radius 3 is 2.32 bits per heavy atom. The van der Waals surface area contributed by atoms with Crippen molar-refractivity contribution in [2.24, 2.45) is 0 Å². The molecule has 2 atom stereocenters. The Balaban J connectivity index is 1.78. The number of β-lactam (4-membered cyclic amide) rings is 1. The van der Waals surface area contributed by atoms with Gasteiger partial charge in [0.1, 0.15) is 6.04 Å². The topological polar surface area (TPSA) is 29.5 Å². The number of carbonyl (C=O) groups is 1. The summed E-state index contributed by atoms with van der Waals surface area (Å²) in [5.74, 6) is 6.22. The molecule has 3 rings (SSSR count). The summed E-state index contributed by atoms with van der Waals surface area (Å²) in [6.45, 7) is 0. The van der Waals surface area contributed by atoms with Crippen molar-refractivity contribution in [1.82, 2.24) is 4.31 Å². The van der Waals surface area contributed by atoms with E-state index in [1.807, 2.05) is 60.7 Å². The van der Waals surface area contributed by atoms with E-state index in [1.54, 1.807) is 11.4 Å². The molecule has 3 nitrogen and oxygen atoms in total. The Hall–Kier alpha value is -2.22. The van der Waals surface area contributed by atoms with Gasteiger partial charge < -0.3 is 4.74 Å². The molecule has 2 aromatic carbocycles. The molecule has 0 bridgehead atoms. The van der Waals surface area contributed by atoms with Crippen LogP contribution in [0.15, 0.2) is 65.6 Å². The first-order valence-corrected chi connectivity index (χ1v) is 7.72. The molecule has 2 aromatic rings. The van der Waals surface area contributed by atoms with Crippen LogP contribution in [-0.4, -0.2) is 29.5 Å². The highest BCUT2D eigenvalue weighted by atomic mass is 32.2. The quantitative estimate of drug-likeness (QED) is 0.496. The molecule has 1 amide bonds. The maximum absolute atomic E-state index is 12.1. The third-order valence-corrected chi connectivity index (χ3v) is 4.43. The number of carbonyl (C=O) groups excluding carboxylic acids is 1. The number of amides is 1. The first kappa shape index (κ1) is 14.7. The number of ether oxygens (including phenoxy) is 1. The molecule has 1 fully saturated rings. The second kappa shape index (κ2) is 6.69. The summed E-state index contributed by atoms with van der Waals surface area (Å²) in [5, 5.41) is 0. The van der Waals surface area contributed by atoms with Crippen molar-refractivity contribution in [2.45, 2.75) is 17.0 Å². The maximum atomic E-state index is 12.1. The average Bonchev–Trinajstić information content (AvgIpc) is 2.58. The lowest BCUT2D eigenvalue weighted by Gasteiger charge is -2.41. The lowest BCUT2D eigenvalue weighted by molar-refractivity contribution is -0.153. The molecule has 4 heteroatoms. The zero-order valence-corrected chi connectivity index (χ0v) is 12.9. The summed E-state index contributed by atoms with van der Waals surface area (Å²) >= 11 is 1.40. The second-order valence-corrected chi connectivity index (χ2v) is 5.85. The van der Waals surface area contributed by atoms with Crippen LogP contribution in [0.2, 0.25) is 0 Å². The molecule has 1 aliphatic heterocycles. The SMILES string of the molecule is CO[C@H]1C(=O)N(Sc2ccccc2)[C@H]1C#Cc1ccccc1. The van der Waals surface area contributed by atoms with Crippen molar-refractivity contribution in [3.8, 4) is 11.8 Å². The summed E-state index contributed by atoms with van der Waals surface area (Å²) < 4.78 is 6.94. The molecule has 1 heterocycles. The van der Waals surface area contributed by atoms with E-state index in [1.165, 1.54) is 11.9 Å². The summed E-state index contributed by atoms with van der Waals surface area (Å²) in [6, 6.07) is 19.3. The summed E-state index contributed by atoms with van der Waals surface area (Å²) in [5.41, 5.74) is 0.932. The van der Waals surface area contributed by atoms with Gasteiger partial charge in [-0.2, -0.15) is 0 Å². The molecular weight excluding hydrogens is 294 g/mol. The summed E-state index contributed by atoms with van der Waals surface area (Å²) in [4.78, 5) is 13.1. The van der Waals surface area contributed by atoms with Crippen LogP contribution < -0.4 is 0 Å². The molecule has 22 heavy (non-hydrogen) atoms. The fourth-order valence-electron chi connectivity index (χ4n) is 2.18. The fraction of sp³-hybridized carbons (Fsp3) is 0.167. The normalized spacial score (nSPS) is 20.0. The maximum Gasteiger partial charge on any atom is 0.266 e. The van der Waals surface area contributed by atoms with Crippen molar-refractivity contribution in [1.29, 1.82) is 0 Å². The Morgan fingerprint density at radius 1 is 1.05 bits per heavy atom. The number of rotatable bonds is 3. The third-order valence-electron chi connectivity index (χ3n) is 3.34. The van der Waals surface area contributed by atoms with Gasteiger partial charge in [-0.3, -0.25) is 9.10 Å². The minimum Gasteiger partial charge on any atom is -0.368 e. The number of benzene rings is 2. The average molecular weight is 309 g/mol. The van der Waals surface area contributed by atoms with E-state index >= 15 is 0 Å². The van der Waals surface area contributed by atoms with Crippen molar-refractivity contribution >= 4 is 17.9 Å². The largest absolute Gasteiger partial charge is 0.368 e. The molecule has 110 valence electrons. The first-order chi connectivity index (χ1) is 10.8.